The van der Waals surface area contributed by atoms with Crippen molar-refractivity contribution in [3.05, 3.63) is 33.1 Å². The van der Waals surface area contributed by atoms with Crippen LogP contribution in [0.4, 0.5) is 13.2 Å². The normalized spacial score (nSPS) is 12.0. The summed E-state index contributed by atoms with van der Waals surface area (Å²) >= 11 is 1.00. The number of nitrogens with zero attached hydrogens (tertiary/aromatic N) is 3. The Kier molecular flexibility index (Phi) is 9.50. The van der Waals surface area contributed by atoms with Crippen molar-refractivity contribution in [3.63, 3.8) is 0 Å². The zero-order chi connectivity index (χ0) is 19.2. The second-order valence-electron chi connectivity index (χ2n) is 5.61. The molecule has 2 rings (SSSR count). The van der Waals surface area contributed by atoms with Gasteiger partial charge in [0.15, 0.2) is 11.7 Å². The van der Waals surface area contributed by atoms with Crippen LogP contribution in [0.5, 0.6) is 0 Å². The second kappa shape index (κ2) is 10.8. The third-order valence-electron chi connectivity index (χ3n) is 3.63. The van der Waals surface area contributed by atoms with Gasteiger partial charge in [0.2, 0.25) is 0 Å². The maximum absolute atomic E-state index is 12.6. The van der Waals surface area contributed by atoms with E-state index in [4.69, 9.17) is 4.52 Å². The molecule has 0 unspecified atom stereocenters. The lowest BCUT2D eigenvalue weighted by Crippen LogP contribution is -2.38. The van der Waals surface area contributed by atoms with Crippen molar-refractivity contribution in [1.82, 2.24) is 20.8 Å². The van der Waals surface area contributed by atoms with Gasteiger partial charge in [0.1, 0.15) is 5.76 Å². The second-order valence-corrected chi connectivity index (χ2v) is 6.56. The first-order chi connectivity index (χ1) is 12.3. The summed E-state index contributed by atoms with van der Waals surface area (Å²) in [6.45, 7) is 7.40. The van der Waals surface area contributed by atoms with Gasteiger partial charge in [0, 0.05) is 37.0 Å². The summed E-state index contributed by atoms with van der Waals surface area (Å²) in [5.41, 5.74) is 1.09. The third-order valence-corrected chi connectivity index (χ3v) is 4.54. The van der Waals surface area contributed by atoms with Crippen LogP contribution in [-0.2, 0) is 19.0 Å². The van der Waals surface area contributed by atoms with Gasteiger partial charge in [-0.2, -0.15) is 13.2 Å². The zero-order valence-electron chi connectivity index (χ0n) is 15.3. The number of aromatic nitrogens is 2. The van der Waals surface area contributed by atoms with E-state index in [9.17, 15) is 13.2 Å². The first kappa shape index (κ1) is 23.7. The van der Waals surface area contributed by atoms with E-state index in [1.807, 2.05) is 20.8 Å². The minimum absolute atomic E-state index is 0. The predicted molar refractivity (Wildman–Crippen MR) is 110 cm³/mol. The van der Waals surface area contributed by atoms with Crippen molar-refractivity contribution in [1.29, 1.82) is 0 Å². The fourth-order valence-electron chi connectivity index (χ4n) is 2.33. The molecule has 2 aromatic heterocycles. The third kappa shape index (κ3) is 7.28. The molecule has 0 fully saturated rings. The Morgan fingerprint density at radius 2 is 2.00 bits per heavy atom. The minimum Gasteiger partial charge on any atom is -0.361 e. The molecule has 0 aliphatic rings. The van der Waals surface area contributed by atoms with E-state index in [1.165, 1.54) is 0 Å². The number of hydrogen-bond donors (Lipinski definition) is 2. The van der Waals surface area contributed by atoms with Gasteiger partial charge in [-0.25, -0.2) is 4.98 Å². The summed E-state index contributed by atoms with van der Waals surface area (Å²) in [7, 11) is 0. The molecular weight excluding hydrogens is 494 g/mol. The quantitative estimate of drug-likeness (QED) is 0.333. The van der Waals surface area contributed by atoms with Gasteiger partial charge in [0.25, 0.3) is 0 Å². The van der Waals surface area contributed by atoms with E-state index in [0.717, 1.165) is 40.2 Å². The van der Waals surface area contributed by atoms with Crippen LogP contribution in [0.3, 0.4) is 0 Å². The molecule has 152 valence electrons. The summed E-state index contributed by atoms with van der Waals surface area (Å²) in [6, 6.07) is 0. The maximum Gasteiger partial charge on any atom is 0.434 e. The van der Waals surface area contributed by atoms with Crippen LogP contribution in [0.2, 0.25) is 0 Å². The van der Waals surface area contributed by atoms with Gasteiger partial charge < -0.3 is 15.2 Å². The van der Waals surface area contributed by atoms with Crippen molar-refractivity contribution in [2.75, 3.05) is 19.6 Å². The van der Waals surface area contributed by atoms with Crippen molar-refractivity contribution < 1.29 is 17.7 Å². The predicted octanol–water partition coefficient (Wildman–Crippen LogP) is 3.73. The van der Waals surface area contributed by atoms with Gasteiger partial charge >= 0.3 is 6.18 Å². The average Bonchev–Trinajstić information content (AvgIpc) is 3.16. The smallest absolute Gasteiger partial charge is 0.361 e. The van der Waals surface area contributed by atoms with Crippen LogP contribution in [0.15, 0.2) is 14.9 Å². The highest BCUT2D eigenvalue weighted by atomic mass is 127. The fourth-order valence-corrected chi connectivity index (χ4v) is 3.12. The number of hydrogen-bond acceptors (Lipinski definition) is 5. The lowest BCUT2D eigenvalue weighted by molar-refractivity contribution is -0.140. The molecule has 0 aliphatic heterocycles. The Morgan fingerprint density at radius 3 is 2.56 bits per heavy atom. The largest absolute Gasteiger partial charge is 0.434 e. The number of alkyl halides is 3. The van der Waals surface area contributed by atoms with E-state index < -0.39 is 11.9 Å². The lowest BCUT2D eigenvalue weighted by atomic mass is 10.1. The number of aliphatic imine (C=N–C) groups is 1. The average molecular weight is 517 g/mol. The number of aryl methyl sites for hydroxylation is 2. The molecule has 6 nitrogen and oxygen atoms in total. The van der Waals surface area contributed by atoms with Gasteiger partial charge in [-0.15, -0.1) is 35.3 Å². The Morgan fingerprint density at radius 1 is 1.26 bits per heavy atom. The summed E-state index contributed by atoms with van der Waals surface area (Å²) < 4.78 is 42.8. The molecule has 0 saturated carbocycles. The first-order valence-electron chi connectivity index (χ1n) is 8.26. The van der Waals surface area contributed by atoms with Crippen LogP contribution in [0.25, 0.3) is 0 Å². The number of guanidine groups is 1. The summed E-state index contributed by atoms with van der Waals surface area (Å²) in [4.78, 5) is 7.99. The van der Waals surface area contributed by atoms with Gasteiger partial charge in [-0.05, 0) is 27.2 Å². The number of thiazole rings is 1. The van der Waals surface area contributed by atoms with Gasteiger partial charge in [-0.1, -0.05) is 5.16 Å². The molecule has 2 N–H and O–H groups in total. The van der Waals surface area contributed by atoms with E-state index in [-0.39, 0.29) is 24.0 Å². The zero-order valence-corrected chi connectivity index (χ0v) is 18.5. The van der Waals surface area contributed by atoms with Crippen LogP contribution in [-0.4, -0.2) is 35.7 Å². The number of nitrogens with one attached hydrogen (secondary N) is 2. The molecule has 11 heteroatoms. The summed E-state index contributed by atoms with van der Waals surface area (Å²) in [5, 5.41) is 11.7. The SMILES string of the molecule is CCNC(=NCCc1nc(C(F)(F)F)cs1)NCCc1c(C)noc1C.I. The Bertz CT molecular complexity index is 725. The van der Waals surface area contributed by atoms with Crippen molar-refractivity contribution in [3.8, 4) is 0 Å². The van der Waals surface area contributed by atoms with Crippen LogP contribution in [0, 0.1) is 13.8 Å². The standard InChI is InChI=1S/C16H22F3N5OS.HI/c1-4-20-15(21-7-5-12-10(2)24-25-11(12)3)22-8-6-14-23-13(9-26-14)16(17,18)19;/h9H,4-8H2,1-3H3,(H2,20,21,22);1H. The van der Waals surface area contributed by atoms with Crippen molar-refractivity contribution >= 4 is 41.3 Å². The molecule has 0 saturated heterocycles. The van der Waals surface area contributed by atoms with E-state index in [0.29, 0.717) is 37.0 Å². The Hall–Kier alpha value is -1.37. The van der Waals surface area contributed by atoms with Gasteiger partial charge in [0.05, 0.1) is 10.7 Å². The minimum atomic E-state index is -4.40. The highest BCUT2D eigenvalue weighted by molar-refractivity contribution is 14.0. The lowest BCUT2D eigenvalue weighted by Gasteiger charge is -2.11. The summed E-state index contributed by atoms with van der Waals surface area (Å²) in [5.74, 6) is 1.42. The molecule has 0 radical (unpaired) electrons. The number of halogens is 4. The molecule has 0 amide bonds. The highest BCUT2D eigenvalue weighted by Gasteiger charge is 2.33. The van der Waals surface area contributed by atoms with Crippen LogP contribution in [0.1, 0.15) is 34.6 Å². The molecule has 0 spiro atoms. The monoisotopic (exact) mass is 517 g/mol. The first-order valence-corrected chi connectivity index (χ1v) is 9.14. The van der Waals surface area contributed by atoms with Crippen molar-refractivity contribution in [2.24, 2.45) is 4.99 Å². The fraction of sp³-hybridized carbons (Fsp3) is 0.562. The molecule has 0 atom stereocenters. The summed E-state index contributed by atoms with van der Waals surface area (Å²) in [6.07, 6.45) is -3.29. The topological polar surface area (TPSA) is 75.3 Å². The van der Waals surface area contributed by atoms with E-state index in [1.54, 1.807) is 0 Å². The molecular formula is C16H23F3IN5OS. The van der Waals surface area contributed by atoms with Gasteiger partial charge in [-0.3, -0.25) is 4.99 Å². The van der Waals surface area contributed by atoms with E-state index in [2.05, 4.69) is 25.8 Å². The van der Waals surface area contributed by atoms with Crippen LogP contribution < -0.4 is 10.6 Å². The molecule has 0 bridgehead atoms. The molecule has 2 heterocycles. The number of rotatable bonds is 7. The Labute approximate surface area is 177 Å². The van der Waals surface area contributed by atoms with E-state index >= 15 is 0 Å². The molecule has 27 heavy (non-hydrogen) atoms. The maximum atomic E-state index is 12.6. The van der Waals surface area contributed by atoms with Crippen molar-refractivity contribution in [2.45, 2.75) is 39.8 Å². The molecule has 0 aliphatic carbocycles. The Balaban J connectivity index is 0.00000364. The molecule has 2 aromatic rings. The highest BCUT2D eigenvalue weighted by Crippen LogP contribution is 2.30. The van der Waals surface area contributed by atoms with Crippen LogP contribution >= 0.6 is 35.3 Å². The molecule has 0 aromatic carbocycles.